The van der Waals surface area contributed by atoms with E-state index in [-0.39, 0.29) is 92.5 Å². The van der Waals surface area contributed by atoms with Crippen LogP contribution in [0.2, 0.25) is 10.0 Å². The van der Waals surface area contributed by atoms with Crippen LogP contribution in [0, 0.1) is 11.8 Å². The van der Waals surface area contributed by atoms with Crippen molar-refractivity contribution in [3.8, 4) is 11.5 Å². The monoisotopic (exact) mass is 1810 g/mol. The van der Waals surface area contributed by atoms with E-state index in [1.807, 2.05) is 58.4 Å². The highest BCUT2D eigenvalue weighted by atomic mass is 35.5. The Morgan fingerprint density at radius 1 is 0.617 bits per heavy atom. The Morgan fingerprint density at radius 3 is 1.35 bits per heavy atom. The summed E-state index contributed by atoms with van der Waals surface area (Å²) in [7, 11) is 18.3. The Labute approximate surface area is 735 Å². The van der Waals surface area contributed by atoms with Crippen molar-refractivity contribution in [2.75, 3.05) is 96.2 Å². The molecule has 7 aliphatic rings. The summed E-state index contributed by atoms with van der Waals surface area (Å²) in [4.78, 5) is 150. The smallest absolute Gasteiger partial charge is 0.334 e. The molecule has 5 fully saturated rings. The molecule has 0 spiro atoms. The number of rotatable bonds is 21. The average molecular weight is 1810 g/mol. The Hall–Kier alpha value is -6.54. The Kier molecular flexibility index (Phi) is 39.6. The van der Waals surface area contributed by atoms with E-state index in [4.69, 9.17) is 70.6 Å². The highest BCUT2D eigenvalue weighted by Gasteiger charge is 2.66. The summed E-state index contributed by atoms with van der Waals surface area (Å²) in [6.07, 6.45) is 9.99. The van der Waals surface area contributed by atoms with Gasteiger partial charge in [0, 0.05) is 104 Å². The number of hydrogen-bond acceptors (Lipinski definition) is 29. The van der Waals surface area contributed by atoms with E-state index in [1.54, 1.807) is 124 Å². The molecule has 9 rings (SSSR count). The van der Waals surface area contributed by atoms with Crippen molar-refractivity contribution in [3.63, 3.8) is 0 Å². The number of hydroxylamine groups is 2. The number of epoxide rings is 2. The van der Waals surface area contributed by atoms with E-state index in [9.17, 15) is 63.0 Å². The number of benzene rings is 2. The molecule has 120 heavy (non-hydrogen) atoms. The van der Waals surface area contributed by atoms with E-state index in [0.29, 0.717) is 58.0 Å². The zero-order valence-corrected chi connectivity index (χ0v) is 77.8. The van der Waals surface area contributed by atoms with Gasteiger partial charge in [-0.15, -0.1) is 5.06 Å². The number of carbonyl (C=O) groups excluding carboxylic acids is 11. The van der Waals surface area contributed by atoms with Crippen LogP contribution in [0.1, 0.15) is 157 Å². The predicted octanol–water partition coefficient (Wildman–Crippen LogP) is 11.7. The van der Waals surface area contributed by atoms with E-state index < -0.39 is 149 Å². The first-order valence-corrected chi connectivity index (χ1v) is 46.5. The Morgan fingerprint density at radius 2 is 0.992 bits per heavy atom. The second-order valence-corrected chi connectivity index (χ2v) is 37.7. The minimum Gasteiger partial charge on any atom is -0.495 e. The normalized spacial score (nSPS) is 29.4. The summed E-state index contributed by atoms with van der Waals surface area (Å²) in [5.74, 6) is -4.04. The number of nitrogens with zero attached hydrogens (tertiary/aromatic N) is 5. The highest BCUT2D eigenvalue weighted by molar-refractivity contribution is 8.76. The fourth-order valence-electron chi connectivity index (χ4n) is 14.6. The lowest BCUT2D eigenvalue weighted by Crippen LogP contribution is -2.53. The number of amides is 6. The Bertz CT molecular complexity index is 4110. The van der Waals surface area contributed by atoms with Crippen LogP contribution in [0.4, 0.5) is 11.4 Å². The maximum atomic E-state index is 14.1. The maximum Gasteiger partial charge on any atom is 0.334 e. The van der Waals surface area contributed by atoms with Gasteiger partial charge in [0.2, 0.25) is 23.6 Å². The van der Waals surface area contributed by atoms with Crippen molar-refractivity contribution in [2.24, 2.45) is 11.8 Å². The van der Waals surface area contributed by atoms with Crippen molar-refractivity contribution in [3.05, 3.63) is 93.0 Å². The van der Waals surface area contributed by atoms with Crippen LogP contribution in [-0.2, 0) is 108 Å². The lowest BCUT2D eigenvalue weighted by molar-refractivity contribution is -0.197. The fourth-order valence-corrected chi connectivity index (χ4v) is 17.8. The van der Waals surface area contributed by atoms with Gasteiger partial charge < -0.3 is 82.0 Å². The summed E-state index contributed by atoms with van der Waals surface area (Å²) in [6, 6.07) is 5.29. The molecule has 2 N–H and O–H groups in total. The van der Waals surface area contributed by atoms with Crippen molar-refractivity contribution in [1.29, 1.82) is 0 Å². The number of carbonyl (C=O) groups is 11. The van der Waals surface area contributed by atoms with Crippen LogP contribution >= 0.6 is 79.0 Å². The summed E-state index contributed by atoms with van der Waals surface area (Å²) in [6.45, 7) is 18.4. The molecular weight excluding hydrogens is 1690 g/mol. The fraction of sp³-hybridized carbons (Fsp3) is 0.631. The SMILES string of the molecule is CCC.COc1cc2cc(c1Cl)N(C)C(=O)C[C@H](OC(=O)[C@H](C)N(C)C(=O)CCS)[C@]1(C)O[C@H]1[C@H](C)[C@@H]1C[C@@](O)(CC(=O)O1)[C@H](OC)/C=C/C=C(\C)C2.COc1cc2cc(c1Cl)N(C)C(=O)C[C@H](OC(=O)[C@H](C)N(C)C(=O)CCSSC)[C@]1(C)O[C@H]1[C@H](C)[C@@H]1C[C@@](O)(CC(=O)O1)[C@H](OC)/C=C/C=C(\C)C2.CSSCCC(=O)ON1C(=O)CCC1=O. The van der Waals surface area contributed by atoms with Crippen LogP contribution < -0.4 is 19.3 Å². The first-order chi connectivity index (χ1) is 56.5. The molecule has 7 aliphatic heterocycles. The first-order valence-electron chi connectivity index (χ1n) is 39.6. The quantitative estimate of drug-likeness (QED) is 0.0199. The number of allylic oxidation sites excluding steroid dienone is 6. The summed E-state index contributed by atoms with van der Waals surface area (Å²) in [5, 5.41) is 24.7. The van der Waals surface area contributed by atoms with Crippen LogP contribution in [0.5, 0.6) is 11.5 Å². The number of esters is 4. The van der Waals surface area contributed by atoms with E-state index in [0.717, 1.165) is 22.3 Å². The lowest BCUT2D eigenvalue weighted by Gasteiger charge is -2.41. The number of anilines is 2. The third-order valence-corrected chi connectivity index (χ3v) is 26.7. The third-order valence-electron chi connectivity index (χ3n) is 22.1. The van der Waals surface area contributed by atoms with Crippen molar-refractivity contribution in [2.45, 2.75) is 242 Å². The van der Waals surface area contributed by atoms with Gasteiger partial charge in [-0.3, -0.25) is 38.4 Å². The number of hydrogen-bond donors (Lipinski definition) is 3. The second-order valence-electron chi connectivity index (χ2n) is 31.1. The number of halogens is 2. The van der Waals surface area contributed by atoms with Crippen molar-refractivity contribution < 1.29 is 115 Å². The van der Waals surface area contributed by atoms with E-state index in [2.05, 4.69) is 31.3 Å². The van der Waals surface area contributed by atoms with Crippen molar-refractivity contribution >= 4 is 156 Å². The molecule has 36 heteroatoms. The molecule has 2 aromatic rings. The molecule has 2 aromatic carbocycles. The van der Waals surface area contributed by atoms with Gasteiger partial charge in [0.1, 0.15) is 92.7 Å². The molecule has 5 saturated heterocycles. The van der Waals surface area contributed by atoms with Crippen LogP contribution in [0.15, 0.2) is 71.9 Å². The van der Waals surface area contributed by atoms with Gasteiger partial charge in [0.05, 0.1) is 69.9 Å². The molecule has 8 bridgehead atoms. The third kappa shape index (κ3) is 26.8. The number of methoxy groups -OCH3 is 4. The van der Waals surface area contributed by atoms with Crippen molar-refractivity contribution in [1.82, 2.24) is 14.9 Å². The molecule has 29 nitrogen and oxygen atoms in total. The van der Waals surface area contributed by atoms with Gasteiger partial charge in [-0.05, 0) is 108 Å². The second kappa shape index (κ2) is 46.4. The predicted molar refractivity (Wildman–Crippen MR) is 467 cm³/mol. The van der Waals surface area contributed by atoms with Gasteiger partial charge in [0.25, 0.3) is 11.8 Å². The minimum absolute atomic E-state index is 0.0622. The van der Waals surface area contributed by atoms with Crippen LogP contribution in [0.3, 0.4) is 0 Å². The molecule has 6 amide bonds. The first kappa shape index (κ1) is 102. The minimum atomic E-state index is -1.57. The zero-order chi connectivity index (χ0) is 89.6. The Balaban J connectivity index is 0.000000308. The average Bonchev–Trinajstić information content (AvgIpc) is 1.57. The number of fused-ring (bicyclic) bond motifs is 10. The number of thiol groups is 1. The molecule has 0 saturated carbocycles. The summed E-state index contributed by atoms with van der Waals surface area (Å²) in [5.41, 5.74) is -1.16. The number of likely N-dealkylation sites (N-methyl/N-ethyl adjacent to an activating group) is 2. The molecule has 7 heterocycles. The standard InChI is InChI=1S/C37H51ClN2O10S2.C36H49ClN2O10S.C8H11NO4S2.C3H8/c1-21-11-10-12-28(47-8)37(45)19-27(48-32(43)20-37)22(2)34-36(4,50-34)29(49-35(44)23(3)39(5)30(41)13-14-52-51-9)18-31(42)40(6)25-16-24(15-21)17-26(46-7)33(25)38;1-20-10-9-11-27(46-8)36(44)18-26(47-31(42)19-36)21(2)33-35(4,49-33)28(48-34(43)22(3)38(5)29(40)12-13-50)17-30(41)39(6)24-15-23(14-20)16-25(45-7)32(24)37;1-14-15-5-4-8(12)13-9-6(10)2-3-7(9)11;1-3-2/h10-12,16-17,22-23,27-29,34,45H,13-15,18-20H2,1-9H3;9-11,15-16,21-22,26-28,33,44,50H,12-14,17-19H2,1-8H3;2-5H2,1H3;3H2,1-2H3/b12-10+,21-11+;11-9+,20-10+;;/t22-,23+,27+,28-,29+,34+,36+,37-;21-,22+,26+,27-,28+,33+,35+,36-;;/m11../s1. The molecule has 0 unspecified atom stereocenters. The number of imide groups is 1. The van der Waals surface area contributed by atoms with Gasteiger partial charge >= 0.3 is 29.8 Å². The zero-order valence-electron chi connectivity index (χ0n) is 72.2. The number of ether oxygens (including phenoxy) is 10. The van der Waals surface area contributed by atoms with Gasteiger partial charge in [-0.2, -0.15) is 12.6 Å². The molecule has 668 valence electrons. The van der Waals surface area contributed by atoms with Crippen LogP contribution in [-0.4, -0.2) is 260 Å². The summed E-state index contributed by atoms with van der Waals surface area (Å²) < 4.78 is 58.7. The van der Waals surface area contributed by atoms with E-state index in [1.165, 1.54) is 72.3 Å². The summed E-state index contributed by atoms with van der Waals surface area (Å²) >= 11 is 17.6. The highest BCUT2D eigenvalue weighted by Crippen LogP contribution is 2.52. The van der Waals surface area contributed by atoms with E-state index >= 15 is 0 Å². The van der Waals surface area contributed by atoms with Gasteiger partial charge in [-0.25, -0.2) is 14.4 Å². The largest absolute Gasteiger partial charge is 0.495 e. The van der Waals surface area contributed by atoms with Gasteiger partial charge in [-0.1, -0.05) is 148 Å². The molecular formula is C84H119Cl2N5O24S5. The molecule has 0 radical (unpaired) electrons. The van der Waals surface area contributed by atoms with Crippen LogP contribution in [0.25, 0.3) is 0 Å². The number of aliphatic hydroxyl groups is 2. The lowest BCUT2D eigenvalue weighted by atomic mass is 9.78. The molecule has 0 aromatic heterocycles. The topological polar surface area (TPSA) is 353 Å². The molecule has 0 aliphatic carbocycles. The maximum absolute atomic E-state index is 14.1. The van der Waals surface area contributed by atoms with Gasteiger partial charge in [0.15, 0.2) is 0 Å². The molecule has 16 atom stereocenters.